The zero-order valence-electron chi connectivity index (χ0n) is 16.2. The molecule has 1 heterocycles. The Morgan fingerprint density at radius 3 is 2.33 bits per heavy atom. The normalized spacial score (nSPS) is 11.2. The molecule has 0 bridgehead atoms. The molecule has 3 N–H and O–H groups in total. The highest BCUT2D eigenvalue weighted by atomic mass is 19.4. The topological polar surface area (TPSA) is 83.1 Å². The summed E-state index contributed by atoms with van der Waals surface area (Å²) in [6, 6.07) is 11.1. The molecule has 0 aliphatic rings. The Hall–Kier alpha value is -3.62. The summed E-state index contributed by atoms with van der Waals surface area (Å²) in [5, 5.41) is 8.23. The Morgan fingerprint density at radius 2 is 1.73 bits per heavy atom. The second kappa shape index (κ2) is 8.40. The average molecular weight is 416 g/mol. The molecule has 3 aromatic rings. The van der Waals surface area contributed by atoms with Crippen LogP contribution >= 0.6 is 0 Å². The van der Waals surface area contributed by atoms with Crippen molar-refractivity contribution in [3.05, 3.63) is 65.4 Å². The average Bonchev–Trinajstić information content (AvgIpc) is 2.73. The van der Waals surface area contributed by atoms with Gasteiger partial charge in [0.1, 0.15) is 0 Å². The first kappa shape index (κ1) is 21.1. The maximum atomic E-state index is 13.6. The summed E-state index contributed by atoms with van der Waals surface area (Å²) in [6.45, 7) is 0. The maximum absolute atomic E-state index is 13.6. The molecule has 0 fully saturated rings. The number of alkyl halides is 3. The fourth-order valence-corrected chi connectivity index (χ4v) is 3.06. The Bertz CT molecular complexity index is 1100. The van der Waals surface area contributed by atoms with Gasteiger partial charge in [0.2, 0.25) is 5.91 Å². The molecule has 30 heavy (non-hydrogen) atoms. The number of likely N-dealkylation sites (N-methyl/N-ethyl adjacent to an activating group) is 1. The van der Waals surface area contributed by atoms with Gasteiger partial charge in [0.15, 0.2) is 0 Å². The van der Waals surface area contributed by atoms with Crippen molar-refractivity contribution in [1.29, 1.82) is 0 Å². The van der Waals surface area contributed by atoms with E-state index < -0.39 is 30.0 Å². The lowest BCUT2D eigenvalue weighted by Gasteiger charge is -2.18. The SMILES string of the molecule is CNC(=O)Cc1cc2c(Nc3ccccc3)c(C(=O)NC)cnc2cc1C(F)(F)F. The minimum Gasteiger partial charge on any atom is -0.359 e. The molecule has 2 aromatic carbocycles. The molecule has 0 unspecified atom stereocenters. The highest BCUT2D eigenvalue weighted by Crippen LogP contribution is 2.37. The molecule has 1 aromatic heterocycles. The molecule has 9 heteroatoms. The summed E-state index contributed by atoms with van der Waals surface area (Å²) >= 11 is 0. The van der Waals surface area contributed by atoms with Crippen molar-refractivity contribution in [2.24, 2.45) is 0 Å². The number of hydrogen-bond acceptors (Lipinski definition) is 4. The summed E-state index contributed by atoms with van der Waals surface area (Å²) in [6.07, 6.45) is -3.90. The van der Waals surface area contributed by atoms with Crippen molar-refractivity contribution in [2.75, 3.05) is 19.4 Å². The van der Waals surface area contributed by atoms with Gasteiger partial charge in [-0.1, -0.05) is 18.2 Å². The number of halogens is 3. The number of amides is 2. The second-order valence-corrected chi connectivity index (χ2v) is 6.49. The van der Waals surface area contributed by atoms with Crippen LogP contribution in [0.4, 0.5) is 24.5 Å². The van der Waals surface area contributed by atoms with Gasteiger partial charge < -0.3 is 16.0 Å². The molecule has 0 aliphatic carbocycles. The number of pyridine rings is 1. The summed E-state index contributed by atoms with van der Waals surface area (Å²) in [5.41, 5.74) is 0.0136. The largest absolute Gasteiger partial charge is 0.416 e. The Labute approximate surface area is 170 Å². The molecule has 3 rings (SSSR count). The van der Waals surface area contributed by atoms with Gasteiger partial charge in [0.05, 0.1) is 28.8 Å². The molecule has 2 amide bonds. The van der Waals surface area contributed by atoms with Crippen molar-refractivity contribution >= 4 is 34.1 Å². The lowest BCUT2D eigenvalue weighted by molar-refractivity contribution is -0.138. The second-order valence-electron chi connectivity index (χ2n) is 6.49. The third-order valence-electron chi connectivity index (χ3n) is 4.54. The van der Waals surface area contributed by atoms with E-state index in [1.54, 1.807) is 24.3 Å². The lowest BCUT2D eigenvalue weighted by Crippen LogP contribution is -2.22. The summed E-state index contributed by atoms with van der Waals surface area (Å²) < 4.78 is 40.8. The van der Waals surface area contributed by atoms with E-state index in [-0.39, 0.29) is 16.6 Å². The minimum atomic E-state index is -4.66. The minimum absolute atomic E-state index is 0.0501. The summed E-state index contributed by atoms with van der Waals surface area (Å²) in [7, 11) is 2.80. The molecule has 0 atom stereocenters. The molecular formula is C21H19F3N4O2. The van der Waals surface area contributed by atoms with Gasteiger partial charge in [-0.05, 0) is 29.8 Å². The first-order valence-electron chi connectivity index (χ1n) is 9.02. The van der Waals surface area contributed by atoms with E-state index in [1.807, 2.05) is 6.07 Å². The smallest absolute Gasteiger partial charge is 0.359 e. The van der Waals surface area contributed by atoms with Crippen molar-refractivity contribution < 1.29 is 22.8 Å². The number of nitrogens with one attached hydrogen (secondary N) is 3. The van der Waals surface area contributed by atoms with Crippen LogP contribution in [0.5, 0.6) is 0 Å². The van der Waals surface area contributed by atoms with Crippen molar-refractivity contribution in [1.82, 2.24) is 15.6 Å². The van der Waals surface area contributed by atoms with E-state index in [1.165, 1.54) is 26.4 Å². The van der Waals surface area contributed by atoms with Gasteiger partial charge in [0.25, 0.3) is 5.91 Å². The molecule has 0 saturated heterocycles. The number of nitrogens with zero attached hydrogens (tertiary/aromatic N) is 1. The van der Waals surface area contributed by atoms with E-state index >= 15 is 0 Å². The van der Waals surface area contributed by atoms with E-state index in [2.05, 4.69) is 20.9 Å². The van der Waals surface area contributed by atoms with Crippen LogP contribution in [0.25, 0.3) is 10.9 Å². The summed E-state index contributed by atoms with van der Waals surface area (Å²) in [4.78, 5) is 28.3. The highest BCUT2D eigenvalue weighted by Gasteiger charge is 2.34. The van der Waals surface area contributed by atoms with Gasteiger partial charge >= 0.3 is 6.18 Å². The van der Waals surface area contributed by atoms with Crippen LogP contribution in [0, 0.1) is 0 Å². The maximum Gasteiger partial charge on any atom is 0.416 e. The van der Waals surface area contributed by atoms with Gasteiger partial charge in [-0.25, -0.2) is 0 Å². The van der Waals surface area contributed by atoms with Crippen LogP contribution in [0.2, 0.25) is 0 Å². The zero-order chi connectivity index (χ0) is 21.9. The molecule has 0 aliphatic heterocycles. The Morgan fingerprint density at radius 1 is 1.03 bits per heavy atom. The molecule has 0 spiro atoms. The zero-order valence-corrected chi connectivity index (χ0v) is 16.2. The highest BCUT2D eigenvalue weighted by molar-refractivity contribution is 6.08. The van der Waals surface area contributed by atoms with E-state index in [4.69, 9.17) is 0 Å². The number of fused-ring (bicyclic) bond motifs is 1. The first-order valence-corrected chi connectivity index (χ1v) is 9.02. The van der Waals surface area contributed by atoms with Gasteiger partial charge in [-0.3, -0.25) is 14.6 Å². The number of benzene rings is 2. The monoisotopic (exact) mass is 416 g/mol. The predicted molar refractivity (Wildman–Crippen MR) is 108 cm³/mol. The Kier molecular flexibility index (Phi) is 5.91. The summed E-state index contributed by atoms with van der Waals surface area (Å²) in [5.74, 6) is -1.01. The van der Waals surface area contributed by atoms with Gasteiger partial charge in [-0.2, -0.15) is 13.2 Å². The van der Waals surface area contributed by atoms with E-state index in [0.29, 0.717) is 16.8 Å². The number of hydrogen-bond donors (Lipinski definition) is 3. The van der Waals surface area contributed by atoms with Crippen LogP contribution in [0.15, 0.2) is 48.7 Å². The quantitative estimate of drug-likeness (QED) is 0.593. The fraction of sp³-hybridized carbons (Fsp3) is 0.190. The standard InChI is InChI=1S/C21H19F3N4O2/c1-25-18(29)9-12-8-14-17(10-16(12)21(22,23)24)27-11-15(20(30)26-2)19(14)28-13-6-4-3-5-7-13/h3-8,10-11H,9H2,1-2H3,(H,25,29)(H,26,30)(H,27,28). The van der Waals surface area contributed by atoms with Crippen LogP contribution in [-0.4, -0.2) is 30.9 Å². The van der Waals surface area contributed by atoms with E-state index in [9.17, 15) is 22.8 Å². The van der Waals surface area contributed by atoms with Crippen LogP contribution < -0.4 is 16.0 Å². The Balaban J connectivity index is 2.29. The number of carbonyl (C=O) groups is 2. The first-order chi connectivity index (χ1) is 14.2. The molecule has 156 valence electrons. The molecule has 0 radical (unpaired) electrons. The third kappa shape index (κ3) is 4.35. The lowest BCUT2D eigenvalue weighted by atomic mass is 9.98. The van der Waals surface area contributed by atoms with Crippen molar-refractivity contribution in [2.45, 2.75) is 12.6 Å². The molecular weight excluding hydrogens is 397 g/mol. The predicted octanol–water partition coefficient (Wildman–Crippen LogP) is 3.65. The fourth-order valence-electron chi connectivity index (χ4n) is 3.06. The van der Waals surface area contributed by atoms with Crippen LogP contribution in [0.3, 0.4) is 0 Å². The van der Waals surface area contributed by atoms with Gasteiger partial charge in [0, 0.05) is 31.4 Å². The number of anilines is 2. The van der Waals surface area contributed by atoms with Gasteiger partial charge in [-0.15, -0.1) is 0 Å². The van der Waals surface area contributed by atoms with Crippen LogP contribution in [-0.2, 0) is 17.4 Å². The van der Waals surface area contributed by atoms with E-state index in [0.717, 1.165) is 6.07 Å². The molecule has 6 nitrogen and oxygen atoms in total. The number of rotatable bonds is 5. The number of aromatic nitrogens is 1. The third-order valence-corrected chi connectivity index (χ3v) is 4.54. The van der Waals surface area contributed by atoms with Crippen molar-refractivity contribution in [3.8, 4) is 0 Å². The van der Waals surface area contributed by atoms with Crippen LogP contribution in [0.1, 0.15) is 21.5 Å². The number of carbonyl (C=O) groups excluding carboxylic acids is 2. The number of para-hydroxylation sites is 1. The van der Waals surface area contributed by atoms with Crippen molar-refractivity contribution in [3.63, 3.8) is 0 Å². The molecule has 0 saturated carbocycles.